The number of imidazole rings is 1. The Morgan fingerprint density at radius 3 is 2.32 bits per heavy atom. The van der Waals surface area contributed by atoms with Gasteiger partial charge in [-0.15, -0.1) is 0 Å². The van der Waals surface area contributed by atoms with E-state index >= 15 is 0 Å². The van der Waals surface area contributed by atoms with Crippen molar-refractivity contribution >= 4 is 69.1 Å². The molecule has 0 bridgehead atoms. The van der Waals surface area contributed by atoms with Crippen LogP contribution in [0.1, 0.15) is 85.3 Å². The molecule has 0 spiro atoms. The number of nitrogens with two attached hydrogens (primary N) is 1. The van der Waals surface area contributed by atoms with E-state index in [1.54, 1.807) is 0 Å². The minimum absolute atomic E-state index is 0.0327. The second-order valence-electron chi connectivity index (χ2n) is 15.0. The molecule has 3 rings (SSSR count). The van der Waals surface area contributed by atoms with Crippen molar-refractivity contribution in [2.45, 2.75) is 110 Å². The Bertz CT molecular complexity index is 1890. The highest BCUT2D eigenvalue weighted by Gasteiger charge is 2.50. The van der Waals surface area contributed by atoms with Gasteiger partial charge in [-0.3, -0.25) is 32.5 Å². The van der Waals surface area contributed by atoms with Crippen LogP contribution in [0.2, 0.25) is 0 Å². The lowest BCUT2D eigenvalue weighted by Crippen LogP contribution is -2.46. The minimum atomic E-state index is -5.57. The number of carbonyl (C=O) groups is 3. The van der Waals surface area contributed by atoms with Crippen LogP contribution < -0.4 is 16.4 Å². The molecule has 7 unspecified atom stereocenters. The maximum atomic E-state index is 12.7. The Kier molecular flexibility index (Phi) is 20.2. The Morgan fingerprint density at radius 1 is 0.967 bits per heavy atom. The van der Waals surface area contributed by atoms with Crippen LogP contribution in [0.15, 0.2) is 12.7 Å². The lowest BCUT2D eigenvalue weighted by molar-refractivity contribution is -0.137. The van der Waals surface area contributed by atoms with E-state index in [0.29, 0.717) is 18.1 Å². The molecule has 342 valence electrons. The topological polar surface area (TPSA) is 364 Å². The number of rotatable bonds is 27. The van der Waals surface area contributed by atoms with Crippen molar-refractivity contribution in [3.63, 3.8) is 0 Å². The van der Waals surface area contributed by atoms with Gasteiger partial charge in [0, 0.05) is 37.1 Å². The van der Waals surface area contributed by atoms with E-state index in [4.69, 9.17) is 19.5 Å². The number of unbranched alkanes of at least 4 members (excludes halogenated alkanes) is 4. The van der Waals surface area contributed by atoms with Gasteiger partial charge in [0.2, 0.25) is 11.8 Å². The van der Waals surface area contributed by atoms with E-state index in [-0.39, 0.29) is 41.6 Å². The highest BCUT2D eigenvalue weighted by Crippen LogP contribution is 2.61. The summed E-state index contributed by atoms with van der Waals surface area (Å²) < 4.78 is 62.2. The van der Waals surface area contributed by atoms with Gasteiger partial charge in [0.1, 0.15) is 36.3 Å². The molecular formula is C32H56N7O17P3S. The molecule has 2 aromatic rings. The summed E-state index contributed by atoms with van der Waals surface area (Å²) in [6.45, 7) is 4.96. The first-order valence-electron chi connectivity index (χ1n) is 19.0. The first-order chi connectivity index (χ1) is 27.9. The van der Waals surface area contributed by atoms with Gasteiger partial charge in [-0.2, -0.15) is 4.31 Å². The van der Waals surface area contributed by atoms with Gasteiger partial charge in [-0.05, 0) is 12.3 Å². The normalized spacial score (nSPS) is 21.1. The molecule has 3 heterocycles. The smallest absolute Gasteiger partial charge is 0.386 e. The highest BCUT2D eigenvalue weighted by atomic mass is 32.2. The van der Waals surface area contributed by atoms with Gasteiger partial charge in [0.25, 0.3) is 0 Å². The summed E-state index contributed by atoms with van der Waals surface area (Å²) in [6.07, 6.45) is 0.109. The number of fused-ring (bicyclic) bond motifs is 1. The van der Waals surface area contributed by atoms with Crippen LogP contribution in [0.25, 0.3) is 11.2 Å². The minimum Gasteiger partial charge on any atom is -0.386 e. The Morgan fingerprint density at radius 2 is 1.63 bits per heavy atom. The van der Waals surface area contributed by atoms with E-state index in [2.05, 4.69) is 48.3 Å². The third kappa shape index (κ3) is 17.4. The van der Waals surface area contributed by atoms with E-state index in [1.165, 1.54) is 26.7 Å². The standard InChI is InChI=1S/C32H56N7O17P3S/c1-20(2)10-8-6-5-7-9-11-23(41)60-15-14-34-22(40)12-13-35-30(44)27(43)32(3,4)17-53-59(50,51)56-58(48,49)52-16-21-26(55-57(45,46)47)25(42)31(54-21)39-19-38-24-28(33)36-18-37-29(24)39/h18-21,25-27,31,42-43H,5-17H2,1-4H3,(H,34,40)(H,35,44)(H,48,49)(H,50,51)(H2,33,36,37)(H2,45,46,47). The molecule has 2 aromatic heterocycles. The van der Waals surface area contributed by atoms with Gasteiger partial charge < -0.3 is 50.9 Å². The fraction of sp³-hybridized carbons (Fsp3) is 0.750. The van der Waals surface area contributed by atoms with Gasteiger partial charge in [-0.1, -0.05) is 71.6 Å². The lowest BCUT2D eigenvalue weighted by Gasteiger charge is -2.30. The average Bonchev–Trinajstić information content (AvgIpc) is 3.70. The predicted octanol–water partition coefficient (Wildman–Crippen LogP) is 2.05. The number of hydrogen-bond acceptors (Lipinski definition) is 18. The second-order valence-corrected chi connectivity index (χ2v) is 20.4. The molecule has 0 aromatic carbocycles. The summed E-state index contributed by atoms with van der Waals surface area (Å²) in [5.74, 6) is -0.334. The number of nitrogens with zero attached hydrogens (tertiary/aromatic N) is 4. The number of amides is 2. The van der Waals surface area contributed by atoms with Crippen LogP contribution in [0.3, 0.4) is 0 Å². The number of phosphoric ester groups is 3. The Hall–Kier alpha value is -2.44. The molecule has 1 aliphatic rings. The number of aliphatic hydroxyl groups is 2. The van der Waals surface area contributed by atoms with Crippen LogP contribution in [-0.2, 0) is 50.7 Å². The summed E-state index contributed by atoms with van der Waals surface area (Å²) in [7, 11) is -16.4. The number of aliphatic hydroxyl groups excluding tert-OH is 2. The fourth-order valence-corrected chi connectivity index (χ4v) is 9.27. The van der Waals surface area contributed by atoms with E-state index in [9.17, 15) is 57.9 Å². The van der Waals surface area contributed by atoms with Crippen LogP contribution in [0.4, 0.5) is 5.82 Å². The van der Waals surface area contributed by atoms with E-state index in [1.807, 2.05) is 0 Å². The molecule has 1 saturated heterocycles. The zero-order chi connectivity index (χ0) is 44.9. The molecule has 28 heteroatoms. The Balaban J connectivity index is 1.40. The van der Waals surface area contributed by atoms with Crippen molar-refractivity contribution in [1.29, 1.82) is 0 Å². The quantitative estimate of drug-likeness (QED) is 0.0457. The molecule has 10 N–H and O–H groups in total. The summed E-state index contributed by atoms with van der Waals surface area (Å²) >= 11 is 1.14. The van der Waals surface area contributed by atoms with Crippen LogP contribution in [0.5, 0.6) is 0 Å². The number of anilines is 1. The van der Waals surface area contributed by atoms with Crippen molar-refractivity contribution in [2.24, 2.45) is 11.3 Å². The van der Waals surface area contributed by atoms with E-state index < -0.39 is 84.6 Å². The number of aromatic nitrogens is 4. The number of ether oxygens (including phenoxy) is 1. The van der Waals surface area contributed by atoms with Gasteiger partial charge >= 0.3 is 23.5 Å². The molecule has 0 radical (unpaired) electrons. The first-order valence-corrected chi connectivity index (χ1v) is 24.5. The van der Waals surface area contributed by atoms with Crippen molar-refractivity contribution in [3.05, 3.63) is 12.7 Å². The fourth-order valence-electron chi connectivity index (χ4n) is 5.72. The molecule has 24 nitrogen and oxygen atoms in total. The molecule has 0 saturated carbocycles. The predicted molar refractivity (Wildman–Crippen MR) is 214 cm³/mol. The lowest BCUT2D eigenvalue weighted by atomic mass is 9.87. The van der Waals surface area contributed by atoms with Crippen molar-refractivity contribution in [1.82, 2.24) is 30.2 Å². The first kappa shape index (κ1) is 51.9. The summed E-state index contributed by atoms with van der Waals surface area (Å²) in [4.78, 5) is 87.9. The summed E-state index contributed by atoms with van der Waals surface area (Å²) in [5, 5.41) is 26.6. The highest BCUT2D eigenvalue weighted by molar-refractivity contribution is 8.13. The third-order valence-corrected chi connectivity index (χ3v) is 13.0. The third-order valence-electron chi connectivity index (χ3n) is 8.93. The number of phosphoric acid groups is 3. The van der Waals surface area contributed by atoms with E-state index in [0.717, 1.165) is 54.7 Å². The molecule has 60 heavy (non-hydrogen) atoms. The number of nitrogen functional groups attached to an aromatic ring is 1. The van der Waals surface area contributed by atoms with Gasteiger partial charge in [0.05, 0.1) is 19.5 Å². The summed E-state index contributed by atoms with van der Waals surface area (Å²) in [6, 6.07) is 0. The molecule has 1 fully saturated rings. The molecule has 7 atom stereocenters. The molecule has 0 aliphatic carbocycles. The van der Waals surface area contributed by atoms with Gasteiger partial charge in [0.15, 0.2) is 22.8 Å². The zero-order valence-corrected chi connectivity index (χ0v) is 37.1. The van der Waals surface area contributed by atoms with Crippen LogP contribution >= 0.6 is 35.2 Å². The maximum absolute atomic E-state index is 12.7. The monoisotopic (exact) mass is 935 g/mol. The number of carbonyl (C=O) groups excluding carboxylic acids is 3. The second kappa shape index (κ2) is 23.3. The van der Waals surface area contributed by atoms with Crippen molar-refractivity contribution < 1.29 is 80.5 Å². The molecular weight excluding hydrogens is 879 g/mol. The van der Waals surface area contributed by atoms with Gasteiger partial charge in [-0.25, -0.2) is 28.6 Å². The number of thioether (sulfide) groups is 1. The number of nitrogens with one attached hydrogen (secondary N) is 2. The number of hydrogen-bond donors (Lipinski definition) is 9. The summed E-state index contributed by atoms with van der Waals surface area (Å²) in [5.41, 5.74) is 4.28. The maximum Gasteiger partial charge on any atom is 0.481 e. The molecule has 2 amide bonds. The van der Waals surface area contributed by atoms with Crippen LogP contribution in [0, 0.1) is 11.3 Å². The van der Waals surface area contributed by atoms with Crippen LogP contribution in [-0.4, -0.2) is 123 Å². The zero-order valence-electron chi connectivity index (χ0n) is 33.6. The largest absolute Gasteiger partial charge is 0.481 e. The SMILES string of the molecule is CC(C)CCCCCCCC(=O)SCCNC(=O)CCNC(=O)C(O)C(C)(C)COP(=O)(O)OP(=O)(O)OCC1OC(n2cnc3c(N)ncnc32)C(O)C1OP(=O)(O)O. The van der Waals surface area contributed by atoms with Crippen molar-refractivity contribution in [3.8, 4) is 0 Å². The molecule has 1 aliphatic heterocycles. The van der Waals surface area contributed by atoms with Crippen molar-refractivity contribution in [2.75, 3.05) is 37.8 Å². The Labute approximate surface area is 350 Å². The average molecular weight is 936 g/mol.